The molecule has 2 aromatic heterocycles. The van der Waals surface area contributed by atoms with Crippen molar-refractivity contribution in [1.82, 2.24) is 40.0 Å². The van der Waals surface area contributed by atoms with E-state index in [0.29, 0.717) is 44.8 Å². The smallest absolute Gasteiger partial charge is 0.333 e. The SMILES string of the molecule is C.C.C.CC(C)(C)n1cc[nH]c1=O.CNC(=O)C(Cc1ccc(-n2ccn(C(C)(C)C)c2=O)cc1)NC(=O)c1ccc(OC(C)C)c(Cl)c1.CNC(=O)C(Cc1ccc(Br)cc1)NC(=O)c1ccc(OC(C)C)c(Cl)c1.N[C@H]1CCCC[C@@H]1N. The van der Waals surface area contributed by atoms with Crippen molar-refractivity contribution in [3.05, 3.63) is 167 Å². The molecule has 1 saturated carbocycles. The van der Waals surface area contributed by atoms with Crippen LogP contribution in [0.15, 0.2) is 124 Å². The molecule has 21 heteroatoms. The molecule has 2 unspecified atom stereocenters. The largest absolute Gasteiger partial charge is 0.489 e. The van der Waals surface area contributed by atoms with E-state index in [0.717, 1.165) is 28.4 Å². The maximum Gasteiger partial charge on any atom is 0.333 e. The van der Waals surface area contributed by atoms with E-state index in [9.17, 15) is 28.8 Å². The number of H-pyrrole nitrogens is 1. The van der Waals surface area contributed by atoms with Crippen molar-refractivity contribution < 1.29 is 28.7 Å². The van der Waals surface area contributed by atoms with Gasteiger partial charge in [0.05, 0.1) is 27.9 Å². The lowest BCUT2D eigenvalue weighted by Gasteiger charge is -2.24. The Bertz CT molecular complexity index is 3110. The standard InChI is InChI=1S/C27H33ClN4O4.C20H22BrClN2O3.C7H12N2O.C6H14N2.3CH4/c1-17(2)36-23-12-9-19(16-21(23)28)24(33)30-22(25(34)29-6)15-18-7-10-20(11-8-18)31-13-14-32(26(31)35)27(3,4)5;1-12(2)27-18-9-6-14(11-16(18)22)19(25)24-17(20(26)23-3)10-13-4-7-15(21)8-5-13;1-7(2,3)9-5-4-8-6(9)10;7-5-3-1-2-4-6(5)8;;;/h7-14,16-17,22H,15H2,1-6H3,(H,29,34)(H,30,33);4-9,11-12,17H,10H2,1-3H3,(H,23,26)(H,24,25);4-5H,1-3H3,(H,8,10);5-6H,1-4,7-8H2;3*1H4/t;;;5-,6-;;;/m...0.../s1. The number of likely N-dealkylation sites (N-methyl/N-ethyl adjacent to an activating group) is 2. The van der Waals surface area contributed by atoms with E-state index in [2.05, 4.69) is 42.2 Å². The maximum atomic E-state index is 12.9. The van der Waals surface area contributed by atoms with Crippen molar-refractivity contribution in [2.45, 2.75) is 177 Å². The van der Waals surface area contributed by atoms with Crippen LogP contribution in [-0.2, 0) is 33.5 Å². The minimum Gasteiger partial charge on any atom is -0.489 e. The maximum absolute atomic E-state index is 12.9. The van der Waals surface area contributed by atoms with Gasteiger partial charge < -0.3 is 47.2 Å². The van der Waals surface area contributed by atoms with Gasteiger partial charge in [-0.05, 0) is 154 Å². The first-order chi connectivity index (χ1) is 38.0. The number of rotatable bonds is 15. The normalized spacial score (nSPS) is 14.3. The van der Waals surface area contributed by atoms with Gasteiger partial charge in [0.2, 0.25) is 11.8 Å². The number of aromatic nitrogens is 4. The fourth-order valence-electron chi connectivity index (χ4n) is 8.24. The van der Waals surface area contributed by atoms with E-state index in [1.54, 1.807) is 62.8 Å². The summed E-state index contributed by atoms with van der Waals surface area (Å²) in [6, 6.07) is 23.6. The molecule has 4 amide bonds. The number of ether oxygens (including phenoxy) is 2. The number of amides is 4. The molecule has 0 spiro atoms. The molecular weight excluding hydrogens is 1180 g/mol. The van der Waals surface area contributed by atoms with Gasteiger partial charge in [-0.3, -0.25) is 32.9 Å². The van der Waals surface area contributed by atoms with Crippen LogP contribution in [0.2, 0.25) is 10.0 Å². The highest BCUT2D eigenvalue weighted by Gasteiger charge is 2.25. The van der Waals surface area contributed by atoms with Gasteiger partial charge >= 0.3 is 11.4 Å². The molecule has 0 aliphatic heterocycles. The second kappa shape index (κ2) is 35.0. The van der Waals surface area contributed by atoms with E-state index in [1.807, 2.05) is 118 Å². The number of aromatic amines is 1. The third kappa shape index (κ3) is 23.4. The lowest BCUT2D eigenvalue weighted by molar-refractivity contribution is -0.123. The zero-order valence-electron chi connectivity index (χ0n) is 48.5. The Morgan fingerprint density at radius 1 is 0.631 bits per heavy atom. The van der Waals surface area contributed by atoms with E-state index < -0.39 is 18.0 Å². The second-order valence-electron chi connectivity index (χ2n) is 22.0. The fraction of sp³-hybridized carbons (Fsp3) is 0.460. The van der Waals surface area contributed by atoms with Crippen LogP contribution >= 0.6 is 39.1 Å². The van der Waals surface area contributed by atoms with Gasteiger partial charge in [0.15, 0.2) is 0 Å². The van der Waals surface area contributed by atoms with E-state index in [4.69, 9.17) is 44.1 Å². The summed E-state index contributed by atoms with van der Waals surface area (Å²) in [6.07, 6.45) is 12.3. The summed E-state index contributed by atoms with van der Waals surface area (Å²) in [5.74, 6) is -0.384. The molecule has 1 aliphatic carbocycles. The quantitative estimate of drug-likeness (QED) is 0.0512. The second-order valence-corrected chi connectivity index (χ2v) is 23.7. The average Bonchev–Trinajstić information content (AvgIpc) is 4.25. The Kier molecular flexibility index (Phi) is 31.4. The van der Waals surface area contributed by atoms with Gasteiger partial charge in [0.1, 0.15) is 23.6 Å². The minimum absolute atomic E-state index is 0. The molecule has 4 aromatic carbocycles. The van der Waals surface area contributed by atoms with Crippen LogP contribution in [0.5, 0.6) is 11.5 Å². The number of carbonyl (C=O) groups is 4. The topological polar surface area (TPSA) is 252 Å². The number of nitrogens with one attached hydrogen (secondary N) is 5. The number of imidazole rings is 2. The van der Waals surface area contributed by atoms with E-state index in [-0.39, 0.29) is 93.2 Å². The van der Waals surface area contributed by atoms with Crippen LogP contribution in [-0.4, -0.2) is 92.8 Å². The van der Waals surface area contributed by atoms with Crippen molar-refractivity contribution in [1.29, 1.82) is 0 Å². The van der Waals surface area contributed by atoms with Crippen LogP contribution in [0.1, 0.15) is 149 Å². The lowest BCUT2D eigenvalue weighted by Crippen LogP contribution is -2.47. The number of carbonyl (C=O) groups excluding carboxylic acids is 4. The van der Waals surface area contributed by atoms with Crippen molar-refractivity contribution in [2.75, 3.05) is 14.1 Å². The number of hydrogen-bond acceptors (Lipinski definition) is 10. The fourth-order valence-corrected chi connectivity index (χ4v) is 8.95. The van der Waals surface area contributed by atoms with Crippen molar-refractivity contribution >= 4 is 62.8 Å². The summed E-state index contributed by atoms with van der Waals surface area (Å²) >= 11 is 15.8. The average molecular weight is 1270 g/mol. The van der Waals surface area contributed by atoms with Gasteiger partial charge in [-0.2, -0.15) is 0 Å². The summed E-state index contributed by atoms with van der Waals surface area (Å²) in [6.45, 7) is 19.4. The molecule has 1 fully saturated rings. The molecule has 84 heavy (non-hydrogen) atoms. The molecule has 0 saturated heterocycles. The summed E-state index contributed by atoms with van der Waals surface area (Å²) < 4.78 is 17.0. The molecule has 1 aliphatic rings. The number of hydrogen-bond donors (Lipinski definition) is 7. The predicted molar refractivity (Wildman–Crippen MR) is 346 cm³/mol. The molecular formula is C63H93BrCl2N10O8. The Labute approximate surface area is 516 Å². The lowest BCUT2D eigenvalue weighted by atomic mass is 9.92. The summed E-state index contributed by atoms with van der Waals surface area (Å²) in [7, 11) is 3.06. The predicted octanol–water partition coefficient (Wildman–Crippen LogP) is 11.0. The van der Waals surface area contributed by atoms with Crippen LogP contribution in [0.25, 0.3) is 5.69 Å². The monoisotopic (exact) mass is 1270 g/mol. The molecule has 9 N–H and O–H groups in total. The van der Waals surface area contributed by atoms with Gasteiger partial charge in [0, 0.05) is 90.5 Å². The molecule has 7 rings (SSSR count). The third-order valence-electron chi connectivity index (χ3n) is 12.6. The first-order valence-electron chi connectivity index (χ1n) is 26.9. The number of nitrogens with two attached hydrogens (primary N) is 2. The Balaban J connectivity index is 0.000000640. The molecule has 464 valence electrons. The summed E-state index contributed by atoms with van der Waals surface area (Å²) in [4.78, 5) is 76.6. The summed E-state index contributed by atoms with van der Waals surface area (Å²) in [5.41, 5.74) is 13.8. The van der Waals surface area contributed by atoms with Crippen LogP contribution in [0.3, 0.4) is 0 Å². The molecule has 4 atom stereocenters. The number of nitrogens with zero attached hydrogens (tertiary/aromatic N) is 3. The Morgan fingerprint density at radius 2 is 1.04 bits per heavy atom. The van der Waals surface area contributed by atoms with Gasteiger partial charge in [-0.15, -0.1) is 0 Å². The number of benzene rings is 4. The first kappa shape index (κ1) is 75.4. The molecule has 6 aromatic rings. The van der Waals surface area contributed by atoms with Crippen molar-refractivity contribution in [2.24, 2.45) is 11.5 Å². The van der Waals surface area contributed by atoms with Crippen molar-refractivity contribution in [3.63, 3.8) is 0 Å². The van der Waals surface area contributed by atoms with E-state index >= 15 is 0 Å². The minimum atomic E-state index is -0.802. The van der Waals surface area contributed by atoms with Gasteiger partial charge in [-0.25, -0.2) is 9.59 Å². The highest BCUT2D eigenvalue weighted by atomic mass is 79.9. The van der Waals surface area contributed by atoms with Crippen molar-refractivity contribution in [3.8, 4) is 17.2 Å². The van der Waals surface area contributed by atoms with Crippen LogP contribution in [0, 0.1) is 0 Å². The zero-order valence-corrected chi connectivity index (χ0v) is 51.6. The molecule has 18 nitrogen and oxygen atoms in total. The highest BCUT2D eigenvalue weighted by molar-refractivity contribution is 9.10. The van der Waals surface area contributed by atoms with Crippen LogP contribution in [0.4, 0.5) is 0 Å². The zero-order chi connectivity index (χ0) is 60.4. The molecule has 0 bridgehead atoms. The Hall–Kier alpha value is -6.64. The molecule has 0 radical (unpaired) electrons. The first-order valence-corrected chi connectivity index (χ1v) is 28.5. The highest BCUT2D eigenvalue weighted by Crippen LogP contribution is 2.28. The molecule has 2 heterocycles. The summed E-state index contributed by atoms with van der Waals surface area (Å²) in [5, 5.41) is 11.4. The number of halogens is 3. The van der Waals surface area contributed by atoms with Gasteiger partial charge in [0.25, 0.3) is 11.8 Å². The van der Waals surface area contributed by atoms with Crippen LogP contribution < -0.4 is 53.6 Å². The third-order valence-corrected chi connectivity index (χ3v) is 13.7. The van der Waals surface area contributed by atoms with E-state index in [1.165, 1.54) is 39.1 Å². The van der Waals surface area contributed by atoms with Gasteiger partial charge in [-0.1, -0.05) is 98.5 Å². The Morgan fingerprint density at radius 3 is 1.35 bits per heavy atom.